The zero-order valence-corrected chi connectivity index (χ0v) is 9.67. The maximum atomic E-state index is 13.1. The van der Waals surface area contributed by atoms with Crippen molar-refractivity contribution >= 4 is 17.3 Å². The number of hydrogen-bond donors (Lipinski definition) is 1. The van der Waals surface area contributed by atoms with Crippen molar-refractivity contribution < 1.29 is 9.18 Å². The predicted molar refractivity (Wildman–Crippen MR) is 62.1 cm³/mol. The number of carbonyl (C=O) groups excluding carboxylic acids is 1. The van der Waals surface area contributed by atoms with Gasteiger partial charge in [-0.05, 0) is 39.0 Å². The molecule has 0 spiro atoms. The first-order valence-electron chi connectivity index (χ1n) is 5.35. The van der Waals surface area contributed by atoms with E-state index >= 15 is 0 Å². The van der Waals surface area contributed by atoms with Crippen molar-refractivity contribution in [3.8, 4) is 0 Å². The van der Waals surface area contributed by atoms with Crippen molar-refractivity contribution in [1.29, 1.82) is 0 Å². The number of fused-ring (bicyclic) bond motifs is 1. The van der Waals surface area contributed by atoms with Crippen LogP contribution in [0.5, 0.6) is 0 Å². The Morgan fingerprint density at radius 3 is 2.75 bits per heavy atom. The third-order valence-electron chi connectivity index (χ3n) is 3.04. The third-order valence-corrected chi connectivity index (χ3v) is 3.04. The zero-order valence-electron chi connectivity index (χ0n) is 9.67. The van der Waals surface area contributed by atoms with Gasteiger partial charge in [-0.25, -0.2) is 4.39 Å². The van der Waals surface area contributed by atoms with Crippen LogP contribution in [0, 0.1) is 5.82 Å². The summed E-state index contributed by atoms with van der Waals surface area (Å²) in [6.07, 6.45) is 0. The van der Waals surface area contributed by atoms with Crippen LogP contribution in [0.3, 0.4) is 0 Å². The van der Waals surface area contributed by atoms with Crippen LogP contribution in [-0.4, -0.2) is 18.0 Å². The van der Waals surface area contributed by atoms with Gasteiger partial charge in [0.25, 0.3) is 0 Å². The molecule has 4 heteroatoms. The maximum Gasteiger partial charge on any atom is 0.249 e. The number of likely N-dealkylation sites (N-methyl/N-ethyl adjacent to an activating group) is 1. The van der Waals surface area contributed by atoms with Crippen LogP contribution in [0.15, 0.2) is 18.2 Å². The lowest BCUT2D eigenvalue weighted by Crippen LogP contribution is -2.56. The van der Waals surface area contributed by atoms with Gasteiger partial charge in [-0.3, -0.25) is 4.79 Å². The minimum atomic E-state index is -0.598. The van der Waals surface area contributed by atoms with Gasteiger partial charge in [-0.15, -0.1) is 0 Å². The molecule has 2 rings (SSSR count). The predicted octanol–water partition coefficient (Wildman–Crippen LogP) is 2.38. The smallest absolute Gasteiger partial charge is 0.249 e. The molecule has 0 fully saturated rings. The van der Waals surface area contributed by atoms with Gasteiger partial charge >= 0.3 is 0 Å². The first-order chi connectivity index (χ1) is 7.46. The summed E-state index contributed by atoms with van der Waals surface area (Å²) < 4.78 is 13.1. The molecule has 1 aromatic rings. The average Bonchev–Trinajstić information content (AvgIpc) is 2.20. The quantitative estimate of drug-likeness (QED) is 0.791. The maximum absolute atomic E-state index is 13.1. The molecule has 0 unspecified atom stereocenters. The number of amides is 1. The van der Waals surface area contributed by atoms with Crippen LogP contribution in [0.2, 0.25) is 0 Å². The molecular formula is C12H15FN2O. The molecule has 0 radical (unpaired) electrons. The molecular weight excluding hydrogens is 207 g/mol. The topological polar surface area (TPSA) is 32.3 Å². The average molecular weight is 222 g/mol. The van der Waals surface area contributed by atoms with Crippen molar-refractivity contribution in [2.24, 2.45) is 0 Å². The molecule has 1 N–H and O–H groups in total. The Labute approximate surface area is 94.3 Å². The molecule has 16 heavy (non-hydrogen) atoms. The van der Waals surface area contributed by atoms with Crippen molar-refractivity contribution in [3.05, 3.63) is 24.0 Å². The number of benzene rings is 1. The van der Waals surface area contributed by atoms with E-state index in [1.807, 2.05) is 25.7 Å². The number of halogens is 1. The first kappa shape index (κ1) is 10.9. The van der Waals surface area contributed by atoms with Gasteiger partial charge in [0.1, 0.15) is 11.4 Å². The highest BCUT2D eigenvalue weighted by Crippen LogP contribution is 2.36. The Bertz CT molecular complexity index is 443. The van der Waals surface area contributed by atoms with Gasteiger partial charge in [0.05, 0.1) is 11.4 Å². The molecule has 0 atom stereocenters. The SMILES string of the molecule is CCN1c2ccc(F)cc2NC(=O)C1(C)C. The molecule has 86 valence electrons. The summed E-state index contributed by atoms with van der Waals surface area (Å²) in [4.78, 5) is 13.9. The highest BCUT2D eigenvalue weighted by atomic mass is 19.1. The normalized spacial score (nSPS) is 18.0. The summed E-state index contributed by atoms with van der Waals surface area (Å²) in [7, 11) is 0. The largest absolute Gasteiger partial charge is 0.356 e. The van der Waals surface area contributed by atoms with Crippen LogP contribution < -0.4 is 10.2 Å². The van der Waals surface area contributed by atoms with E-state index in [1.165, 1.54) is 12.1 Å². The molecule has 1 heterocycles. The van der Waals surface area contributed by atoms with Gasteiger partial charge < -0.3 is 10.2 Å². The Hall–Kier alpha value is -1.58. The van der Waals surface area contributed by atoms with E-state index in [4.69, 9.17) is 0 Å². The van der Waals surface area contributed by atoms with Crippen LogP contribution in [0.4, 0.5) is 15.8 Å². The molecule has 3 nitrogen and oxygen atoms in total. The summed E-state index contributed by atoms with van der Waals surface area (Å²) in [5.41, 5.74) is 0.819. The van der Waals surface area contributed by atoms with Gasteiger partial charge in [0, 0.05) is 6.54 Å². The highest BCUT2D eigenvalue weighted by molar-refractivity contribution is 6.06. The van der Waals surface area contributed by atoms with Crippen molar-refractivity contribution in [2.45, 2.75) is 26.3 Å². The van der Waals surface area contributed by atoms with E-state index in [9.17, 15) is 9.18 Å². The van der Waals surface area contributed by atoms with E-state index < -0.39 is 5.54 Å². The standard InChI is InChI=1S/C12H15FN2O/c1-4-15-10-6-5-8(13)7-9(10)14-11(16)12(15,2)3/h5-7H,4H2,1-3H3,(H,14,16). The molecule has 0 aliphatic carbocycles. The lowest BCUT2D eigenvalue weighted by Gasteiger charge is -2.43. The first-order valence-corrected chi connectivity index (χ1v) is 5.35. The number of hydrogen-bond acceptors (Lipinski definition) is 2. The Kier molecular flexibility index (Phi) is 2.37. The van der Waals surface area contributed by atoms with Crippen molar-refractivity contribution in [1.82, 2.24) is 0 Å². The number of carbonyl (C=O) groups is 1. The fraction of sp³-hybridized carbons (Fsp3) is 0.417. The zero-order chi connectivity index (χ0) is 11.9. The number of rotatable bonds is 1. The summed E-state index contributed by atoms with van der Waals surface area (Å²) in [6.45, 7) is 6.41. The van der Waals surface area contributed by atoms with E-state index in [-0.39, 0.29) is 11.7 Å². The molecule has 0 aromatic heterocycles. The second-order valence-electron chi connectivity index (χ2n) is 4.42. The van der Waals surface area contributed by atoms with Crippen LogP contribution in [0.25, 0.3) is 0 Å². The second kappa shape index (κ2) is 3.47. The Balaban J connectivity index is 2.56. The molecule has 1 amide bonds. The van der Waals surface area contributed by atoms with Gasteiger partial charge in [0.2, 0.25) is 5.91 Å². The van der Waals surface area contributed by atoms with Crippen LogP contribution >= 0.6 is 0 Å². The van der Waals surface area contributed by atoms with Crippen LogP contribution in [0.1, 0.15) is 20.8 Å². The summed E-state index contributed by atoms with van der Waals surface area (Å²) in [5.74, 6) is -0.442. The number of nitrogens with zero attached hydrogens (tertiary/aromatic N) is 1. The van der Waals surface area contributed by atoms with Gasteiger partial charge in [-0.1, -0.05) is 0 Å². The van der Waals surface area contributed by atoms with Crippen molar-refractivity contribution in [2.75, 3.05) is 16.8 Å². The monoisotopic (exact) mass is 222 g/mol. The third kappa shape index (κ3) is 1.45. The fourth-order valence-corrected chi connectivity index (χ4v) is 2.11. The number of nitrogens with one attached hydrogen (secondary N) is 1. The van der Waals surface area contributed by atoms with Crippen molar-refractivity contribution in [3.63, 3.8) is 0 Å². The molecule has 0 saturated heterocycles. The van der Waals surface area contributed by atoms with E-state index in [1.54, 1.807) is 6.07 Å². The van der Waals surface area contributed by atoms with E-state index in [0.29, 0.717) is 12.2 Å². The fourth-order valence-electron chi connectivity index (χ4n) is 2.11. The molecule has 1 aliphatic heterocycles. The summed E-state index contributed by atoms with van der Waals surface area (Å²) >= 11 is 0. The second-order valence-corrected chi connectivity index (χ2v) is 4.42. The molecule has 1 aromatic carbocycles. The Morgan fingerprint density at radius 1 is 1.44 bits per heavy atom. The van der Waals surface area contributed by atoms with Gasteiger partial charge in [0.15, 0.2) is 0 Å². The highest BCUT2D eigenvalue weighted by Gasteiger charge is 2.39. The summed E-state index contributed by atoms with van der Waals surface area (Å²) in [6, 6.07) is 4.47. The molecule has 1 aliphatic rings. The minimum absolute atomic E-state index is 0.104. The lowest BCUT2D eigenvalue weighted by atomic mass is 9.96. The van der Waals surface area contributed by atoms with E-state index in [2.05, 4.69) is 5.32 Å². The molecule has 0 saturated carbocycles. The minimum Gasteiger partial charge on any atom is -0.356 e. The Morgan fingerprint density at radius 2 is 2.12 bits per heavy atom. The lowest BCUT2D eigenvalue weighted by molar-refractivity contribution is -0.120. The summed E-state index contributed by atoms with van der Waals surface area (Å²) in [5, 5.41) is 2.73. The van der Waals surface area contributed by atoms with Gasteiger partial charge in [-0.2, -0.15) is 0 Å². The van der Waals surface area contributed by atoms with Crippen LogP contribution in [-0.2, 0) is 4.79 Å². The molecule has 0 bridgehead atoms. The number of anilines is 2. The van der Waals surface area contributed by atoms with E-state index in [0.717, 1.165) is 5.69 Å².